The zero-order valence-corrected chi connectivity index (χ0v) is 15.1. The van der Waals surface area contributed by atoms with Crippen LogP contribution in [0.4, 0.5) is 0 Å². The van der Waals surface area contributed by atoms with Gasteiger partial charge in [-0.3, -0.25) is 14.4 Å². The number of aliphatic carboxylic acids is 1. The van der Waals surface area contributed by atoms with E-state index < -0.39 is 17.9 Å². The molecule has 20 heavy (non-hydrogen) atoms. The molecule has 0 rings (SSSR count). The van der Waals surface area contributed by atoms with Gasteiger partial charge >= 0.3 is 35.5 Å². The molecule has 9 N–H and O–H groups in total. The van der Waals surface area contributed by atoms with Crippen molar-refractivity contribution >= 4 is 33.7 Å². The second kappa shape index (κ2) is 20.9. The normalized spacial score (nSPS) is 9.35. The van der Waals surface area contributed by atoms with Gasteiger partial charge in [-0.15, -0.1) is 0 Å². The largest absolute Gasteiger partial charge is 1.00 e. The average Bonchev–Trinajstić information content (AvgIpc) is 2.36. The van der Waals surface area contributed by atoms with Crippen molar-refractivity contribution in [3.8, 4) is 0 Å². The van der Waals surface area contributed by atoms with Crippen LogP contribution in [-0.2, 0) is 14.4 Å². The first-order chi connectivity index (χ1) is 8.72. The SMILES string of the molecule is C=CC(N)=O.NC(=O)CBr.NCCCC(N)C(=O)O.[H-].[Na+]. The molecule has 0 aliphatic rings. The molecule has 0 fully saturated rings. The molecule has 0 saturated carbocycles. The van der Waals surface area contributed by atoms with Gasteiger partial charge in [0.2, 0.25) is 11.8 Å². The number of hydrogen-bond acceptors (Lipinski definition) is 5. The van der Waals surface area contributed by atoms with E-state index in [1.54, 1.807) is 0 Å². The Kier molecular flexibility index (Phi) is 29.0. The number of alkyl halides is 1. The van der Waals surface area contributed by atoms with E-state index in [0.29, 0.717) is 19.4 Å². The molecular weight excluding hydrogens is 343 g/mol. The quantitative estimate of drug-likeness (QED) is 0.181. The van der Waals surface area contributed by atoms with Crippen molar-refractivity contribution in [2.24, 2.45) is 22.9 Å². The predicted octanol–water partition coefficient (Wildman–Crippen LogP) is -4.22. The van der Waals surface area contributed by atoms with Crippen molar-refractivity contribution in [2.45, 2.75) is 18.9 Å². The molecule has 0 aromatic heterocycles. The van der Waals surface area contributed by atoms with Crippen molar-refractivity contribution < 1.29 is 50.5 Å². The molecule has 0 aliphatic carbocycles. The average molecular weight is 365 g/mol. The third-order valence-corrected chi connectivity index (χ3v) is 1.92. The van der Waals surface area contributed by atoms with Crippen LogP contribution in [0, 0.1) is 0 Å². The fourth-order valence-corrected chi connectivity index (χ4v) is 0.461. The molecule has 0 aromatic carbocycles. The minimum Gasteiger partial charge on any atom is -1.00 e. The Bertz CT molecular complexity index is 298. The molecule has 1 unspecified atom stereocenters. The summed E-state index contributed by atoms with van der Waals surface area (Å²) in [5.74, 6) is -1.77. The molecule has 0 radical (unpaired) electrons. The van der Waals surface area contributed by atoms with Crippen LogP contribution < -0.4 is 52.5 Å². The first-order valence-corrected chi connectivity index (χ1v) is 6.29. The van der Waals surface area contributed by atoms with E-state index in [-0.39, 0.29) is 42.2 Å². The Morgan fingerprint density at radius 1 is 1.35 bits per heavy atom. The van der Waals surface area contributed by atoms with Crippen molar-refractivity contribution in [1.82, 2.24) is 0 Å². The Morgan fingerprint density at radius 3 is 1.85 bits per heavy atom. The van der Waals surface area contributed by atoms with Gasteiger partial charge < -0.3 is 29.5 Å². The molecule has 0 saturated heterocycles. The number of halogens is 1. The van der Waals surface area contributed by atoms with E-state index in [4.69, 9.17) is 16.6 Å². The van der Waals surface area contributed by atoms with Crippen molar-refractivity contribution in [2.75, 3.05) is 11.9 Å². The summed E-state index contributed by atoms with van der Waals surface area (Å²) in [5.41, 5.74) is 19.4. The second-order valence-corrected chi connectivity index (χ2v) is 3.64. The van der Waals surface area contributed by atoms with Crippen LogP contribution in [0.25, 0.3) is 0 Å². The Hall–Kier alpha value is -0.450. The summed E-state index contributed by atoms with van der Waals surface area (Å²) in [7, 11) is 0. The van der Waals surface area contributed by atoms with Crippen LogP contribution >= 0.6 is 15.9 Å². The van der Waals surface area contributed by atoms with Crippen LogP contribution in [0.3, 0.4) is 0 Å². The number of nitrogens with two attached hydrogens (primary N) is 4. The topological polar surface area (TPSA) is 176 Å². The fraction of sp³-hybridized carbons (Fsp3) is 0.500. The van der Waals surface area contributed by atoms with Gasteiger partial charge in [-0.2, -0.15) is 0 Å². The maximum absolute atomic E-state index is 10.0. The molecule has 8 nitrogen and oxygen atoms in total. The smallest absolute Gasteiger partial charge is 1.00 e. The second-order valence-electron chi connectivity index (χ2n) is 3.08. The van der Waals surface area contributed by atoms with E-state index in [0.717, 1.165) is 6.08 Å². The van der Waals surface area contributed by atoms with Crippen LogP contribution in [0.2, 0.25) is 0 Å². The van der Waals surface area contributed by atoms with Gasteiger partial charge in [-0.25, -0.2) is 0 Å². The zero-order valence-electron chi connectivity index (χ0n) is 12.5. The van der Waals surface area contributed by atoms with Crippen molar-refractivity contribution in [1.29, 1.82) is 0 Å². The van der Waals surface area contributed by atoms with Crippen LogP contribution in [0.5, 0.6) is 0 Å². The van der Waals surface area contributed by atoms with E-state index in [1.165, 1.54) is 0 Å². The van der Waals surface area contributed by atoms with Crippen molar-refractivity contribution in [3.63, 3.8) is 0 Å². The zero-order chi connectivity index (χ0) is 15.8. The minimum absolute atomic E-state index is 0. The Labute approximate surface area is 150 Å². The molecule has 0 aliphatic heterocycles. The monoisotopic (exact) mass is 364 g/mol. The van der Waals surface area contributed by atoms with E-state index in [2.05, 4.69) is 34.0 Å². The molecule has 0 spiro atoms. The summed E-state index contributed by atoms with van der Waals surface area (Å²) in [6.07, 6.45) is 2.19. The summed E-state index contributed by atoms with van der Waals surface area (Å²) in [6.45, 7) is 3.59. The van der Waals surface area contributed by atoms with Crippen LogP contribution in [-0.4, -0.2) is 40.8 Å². The van der Waals surface area contributed by atoms with Gasteiger partial charge in [0.25, 0.3) is 0 Å². The van der Waals surface area contributed by atoms with Crippen LogP contribution in [0.15, 0.2) is 12.7 Å². The van der Waals surface area contributed by atoms with Gasteiger partial charge in [-0.05, 0) is 25.5 Å². The van der Waals surface area contributed by atoms with Crippen molar-refractivity contribution in [3.05, 3.63) is 12.7 Å². The first-order valence-electron chi connectivity index (χ1n) is 5.17. The number of carbonyl (C=O) groups is 3. The Morgan fingerprint density at radius 2 is 1.70 bits per heavy atom. The standard InChI is InChI=1S/C5H12N2O2.C3H5NO.C2H4BrNO.Na.H/c6-3-1-2-4(7)5(8)9;1-2-3(4)5;3-1-2(4)5;;/h4H,1-3,6-7H2,(H,8,9);2H,1H2,(H2,4,5);1H2,(H2,4,5);;/q;;;+1;-1. The molecular formula is C10H22BrN4NaO4. The van der Waals surface area contributed by atoms with E-state index in [9.17, 15) is 14.4 Å². The van der Waals surface area contributed by atoms with Crippen LogP contribution in [0.1, 0.15) is 14.3 Å². The molecule has 0 heterocycles. The fourth-order valence-electron chi connectivity index (χ4n) is 0.461. The van der Waals surface area contributed by atoms with Gasteiger partial charge in [0.05, 0.1) is 5.33 Å². The molecule has 0 bridgehead atoms. The Balaban J connectivity index is -0.0000000622. The minimum atomic E-state index is -0.955. The number of amides is 2. The molecule has 1 atom stereocenters. The number of rotatable bonds is 6. The maximum Gasteiger partial charge on any atom is 1.00 e. The molecule has 10 heteroatoms. The van der Waals surface area contributed by atoms with Gasteiger partial charge in [-0.1, -0.05) is 22.5 Å². The molecule has 114 valence electrons. The summed E-state index contributed by atoms with van der Waals surface area (Å²) in [4.78, 5) is 29.1. The summed E-state index contributed by atoms with van der Waals surface area (Å²) in [6, 6.07) is -0.742. The summed E-state index contributed by atoms with van der Waals surface area (Å²) < 4.78 is 0. The number of carbonyl (C=O) groups excluding carboxylic acids is 2. The number of primary amides is 2. The third-order valence-electron chi connectivity index (χ3n) is 1.37. The van der Waals surface area contributed by atoms with Gasteiger partial charge in [0.1, 0.15) is 6.04 Å². The molecule has 2 amide bonds. The van der Waals surface area contributed by atoms with Gasteiger partial charge in [0.15, 0.2) is 0 Å². The predicted molar refractivity (Wildman–Crippen MR) is 77.4 cm³/mol. The number of carboxylic acids is 1. The molecule has 0 aromatic rings. The van der Waals surface area contributed by atoms with Gasteiger partial charge in [0, 0.05) is 0 Å². The van der Waals surface area contributed by atoms with E-state index in [1.807, 2.05) is 0 Å². The number of hydrogen-bond donors (Lipinski definition) is 5. The van der Waals surface area contributed by atoms with E-state index >= 15 is 0 Å². The summed E-state index contributed by atoms with van der Waals surface area (Å²) >= 11 is 2.84. The summed E-state index contributed by atoms with van der Waals surface area (Å²) in [5, 5.41) is 8.50. The first kappa shape index (κ1) is 27.8. The number of carboxylic acid groups (broad SMARTS) is 1. The maximum atomic E-state index is 10.0. The third kappa shape index (κ3) is 36.0.